The summed E-state index contributed by atoms with van der Waals surface area (Å²) in [6, 6.07) is 0.318. The molecule has 1 amide bonds. The van der Waals surface area contributed by atoms with E-state index in [0.29, 0.717) is 6.04 Å². The second-order valence-corrected chi connectivity index (χ2v) is 6.15. The van der Waals surface area contributed by atoms with Gasteiger partial charge in [-0.3, -0.25) is 0 Å². The average molecular weight is 241 g/mol. The molecule has 0 saturated heterocycles. The number of hydrogen-bond acceptors (Lipinski definition) is 2. The molecule has 1 aliphatic rings. The Labute approximate surface area is 105 Å². The Morgan fingerprint density at radius 2 is 1.82 bits per heavy atom. The van der Waals surface area contributed by atoms with Gasteiger partial charge in [0, 0.05) is 6.04 Å². The normalized spacial score (nSPS) is 25.4. The van der Waals surface area contributed by atoms with Crippen molar-refractivity contribution in [1.29, 1.82) is 0 Å². The van der Waals surface area contributed by atoms with Crippen molar-refractivity contribution in [3.8, 4) is 0 Å². The van der Waals surface area contributed by atoms with Gasteiger partial charge in [0.25, 0.3) is 0 Å². The van der Waals surface area contributed by atoms with Crippen LogP contribution in [0.3, 0.4) is 0 Å². The zero-order valence-corrected chi connectivity index (χ0v) is 11.7. The Kier molecular flexibility index (Phi) is 5.29. The molecule has 0 bridgehead atoms. The molecular weight excluding hydrogens is 214 g/mol. The fourth-order valence-electron chi connectivity index (χ4n) is 2.48. The molecule has 1 rings (SSSR count). The summed E-state index contributed by atoms with van der Waals surface area (Å²) in [4.78, 5) is 11.6. The highest BCUT2D eigenvalue weighted by Crippen LogP contribution is 2.27. The molecule has 1 N–H and O–H groups in total. The first-order valence-electron chi connectivity index (χ1n) is 6.90. The third kappa shape index (κ3) is 5.94. The van der Waals surface area contributed by atoms with E-state index < -0.39 is 5.60 Å². The highest BCUT2D eigenvalue weighted by molar-refractivity contribution is 5.68. The lowest BCUT2D eigenvalue weighted by atomic mass is 9.83. The molecule has 100 valence electrons. The zero-order chi connectivity index (χ0) is 12.9. The molecule has 0 radical (unpaired) electrons. The van der Waals surface area contributed by atoms with Gasteiger partial charge >= 0.3 is 6.09 Å². The predicted octanol–water partition coefficient (Wildman–Crippen LogP) is 3.87. The summed E-state index contributed by atoms with van der Waals surface area (Å²) in [5.74, 6) is 0.872. The maximum Gasteiger partial charge on any atom is 0.407 e. The van der Waals surface area contributed by atoms with Gasteiger partial charge in [-0.25, -0.2) is 4.79 Å². The van der Waals surface area contributed by atoms with Crippen molar-refractivity contribution >= 4 is 6.09 Å². The number of hydrogen-bond donors (Lipinski definition) is 1. The Bertz CT molecular complexity index is 237. The lowest BCUT2D eigenvalue weighted by Crippen LogP contribution is -2.40. The summed E-state index contributed by atoms with van der Waals surface area (Å²) in [6.45, 7) is 7.92. The predicted molar refractivity (Wildman–Crippen MR) is 70.0 cm³/mol. The number of alkyl carbamates (subject to hydrolysis) is 1. The van der Waals surface area contributed by atoms with Gasteiger partial charge < -0.3 is 10.1 Å². The Morgan fingerprint density at radius 3 is 2.29 bits per heavy atom. The third-order valence-electron chi connectivity index (χ3n) is 3.26. The maximum absolute atomic E-state index is 11.6. The second kappa shape index (κ2) is 6.27. The zero-order valence-electron chi connectivity index (χ0n) is 11.7. The van der Waals surface area contributed by atoms with Crippen molar-refractivity contribution in [1.82, 2.24) is 5.32 Å². The SMILES string of the molecule is CCC[C@H]1CC[C@@H](NC(=O)OC(C)(C)C)CC1. The van der Waals surface area contributed by atoms with E-state index in [2.05, 4.69) is 12.2 Å². The minimum Gasteiger partial charge on any atom is -0.444 e. The molecule has 3 nitrogen and oxygen atoms in total. The molecule has 1 fully saturated rings. The smallest absolute Gasteiger partial charge is 0.407 e. The molecule has 1 aliphatic carbocycles. The van der Waals surface area contributed by atoms with Crippen LogP contribution in [0, 0.1) is 5.92 Å². The molecule has 0 aliphatic heterocycles. The molecule has 17 heavy (non-hydrogen) atoms. The lowest BCUT2D eigenvalue weighted by molar-refractivity contribution is 0.0486. The molecular formula is C14H27NO2. The molecule has 0 aromatic rings. The first-order valence-corrected chi connectivity index (χ1v) is 6.90. The van der Waals surface area contributed by atoms with Gasteiger partial charge in [-0.2, -0.15) is 0 Å². The van der Waals surface area contributed by atoms with E-state index in [4.69, 9.17) is 4.74 Å². The summed E-state index contributed by atoms with van der Waals surface area (Å²) in [5.41, 5.74) is -0.399. The van der Waals surface area contributed by atoms with E-state index in [1.54, 1.807) is 0 Å². The van der Waals surface area contributed by atoms with Crippen LogP contribution >= 0.6 is 0 Å². The van der Waals surface area contributed by atoms with Crippen LogP contribution < -0.4 is 5.32 Å². The van der Waals surface area contributed by atoms with Gasteiger partial charge in [0.05, 0.1) is 0 Å². The third-order valence-corrected chi connectivity index (χ3v) is 3.26. The molecule has 3 heteroatoms. The molecule has 0 aromatic carbocycles. The number of carbonyl (C=O) groups is 1. The number of ether oxygens (including phenoxy) is 1. The van der Waals surface area contributed by atoms with Gasteiger partial charge in [-0.15, -0.1) is 0 Å². The Hall–Kier alpha value is -0.730. The molecule has 0 aromatic heterocycles. The topological polar surface area (TPSA) is 38.3 Å². The first kappa shape index (κ1) is 14.3. The fourth-order valence-corrected chi connectivity index (χ4v) is 2.48. The van der Waals surface area contributed by atoms with Crippen molar-refractivity contribution in [3.05, 3.63) is 0 Å². The number of nitrogens with one attached hydrogen (secondary N) is 1. The number of amides is 1. The summed E-state index contributed by atoms with van der Waals surface area (Å²) >= 11 is 0. The fraction of sp³-hybridized carbons (Fsp3) is 0.929. The molecule has 0 spiro atoms. The minimum atomic E-state index is -0.399. The molecule has 0 atom stereocenters. The van der Waals surface area contributed by atoms with Crippen LogP contribution in [0.1, 0.15) is 66.2 Å². The van der Waals surface area contributed by atoms with E-state index in [9.17, 15) is 4.79 Å². The Morgan fingerprint density at radius 1 is 1.24 bits per heavy atom. The summed E-state index contributed by atoms with van der Waals surface area (Å²) in [7, 11) is 0. The van der Waals surface area contributed by atoms with Crippen LogP contribution in [-0.2, 0) is 4.74 Å². The van der Waals surface area contributed by atoms with E-state index >= 15 is 0 Å². The largest absolute Gasteiger partial charge is 0.444 e. The number of carbonyl (C=O) groups excluding carboxylic acids is 1. The van der Waals surface area contributed by atoms with Crippen LogP contribution in [0.15, 0.2) is 0 Å². The standard InChI is InChI=1S/C14H27NO2/c1-5-6-11-7-9-12(10-8-11)15-13(16)17-14(2,3)4/h11-12H,5-10H2,1-4H3,(H,15,16)/t11-,12+. The van der Waals surface area contributed by atoms with Crippen LogP contribution in [0.25, 0.3) is 0 Å². The minimum absolute atomic E-state index is 0.267. The highest BCUT2D eigenvalue weighted by atomic mass is 16.6. The maximum atomic E-state index is 11.6. The molecule has 0 heterocycles. The van der Waals surface area contributed by atoms with Crippen molar-refractivity contribution in [3.63, 3.8) is 0 Å². The van der Waals surface area contributed by atoms with Gasteiger partial charge in [-0.05, 0) is 52.4 Å². The van der Waals surface area contributed by atoms with Crippen LogP contribution in [0.5, 0.6) is 0 Å². The number of rotatable bonds is 3. The van der Waals surface area contributed by atoms with Crippen LogP contribution in [0.4, 0.5) is 4.79 Å². The van der Waals surface area contributed by atoms with E-state index in [1.165, 1.54) is 25.7 Å². The lowest BCUT2D eigenvalue weighted by Gasteiger charge is -2.29. The monoisotopic (exact) mass is 241 g/mol. The van der Waals surface area contributed by atoms with Crippen molar-refractivity contribution in [2.75, 3.05) is 0 Å². The average Bonchev–Trinajstić information content (AvgIpc) is 2.18. The Balaban J connectivity index is 2.24. The van der Waals surface area contributed by atoms with Gasteiger partial charge in [0.15, 0.2) is 0 Å². The van der Waals surface area contributed by atoms with Gasteiger partial charge in [-0.1, -0.05) is 19.8 Å². The van der Waals surface area contributed by atoms with Crippen molar-refractivity contribution in [2.24, 2.45) is 5.92 Å². The van der Waals surface area contributed by atoms with Gasteiger partial charge in [0.2, 0.25) is 0 Å². The summed E-state index contributed by atoms with van der Waals surface area (Å²) in [6.07, 6.45) is 7.03. The van der Waals surface area contributed by atoms with E-state index in [-0.39, 0.29) is 6.09 Å². The van der Waals surface area contributed by atoms with Crippen molar-refractivity contribution in [2.45, 2.75) is 77.9 Å². The van der Waals surface area contributed by atoms with Gasteiger partial charge in [0.1, 0.15) is 5.60 Å². The van der Waals surface area contributed by atoms with Crippen LogP contribution in [-0.4, -0.2) is 17.7 Å². The summed E-state index contributed by atoms with van der Waals surface area (Å²) < 4.78 is 5.26. The second-order valence-electron chi connectivity index (χ2n) is 6.15. The molecule has 1 saturated carbocycles. The van der Waals surface area contributed by atoms with Crippen LogP contribution in [0.2, 0.25) is 0 Å². The summed E-state index contributed by atoms with van der Waals surface area (Å²) in [5, 5.41) is 2.98. The van der Waals surface area contributed by atoms with E-state index in [1.807, 2.05) is 20.8 Å². The first-order chi connectivity index (χ1) is 7.90. The quantitative estimate of drug-likeness (QED) is 0.814. The highest BCUT2D eigenvalue weighted by Gasteiger charge is 2.24. The van der Waals surface area contributed by atoms with E-state index in [0.717, 1.165) is 18.8 Å². The van der Waals surface area contributed by atoms with Crippen molar-refractivity contribution < 1.29 is 9.53 Å². The molecule has 0 unspecified atom stereocenters.